The van der Waals surface area contributed by atoms with Gasteiger partial charge in [-0.15, -0.1) is 10.2 Å². The third-order valence-electron chi connectivity index (χ3n) is 3.93. The third kappa shape index (κ3) is 4.81. The first kappa shape index (κ1) is 21.0. The van der Waals surface area contributed by atoms with Gasteiger partial charge in [-0.2, -0.15) is 0 Å². The quantitative estimate of drug-likeness (QED) is 0.368. The fraction of sp³-hybridized carbons (Fsp3) is 0.211. The van der Waals surface area contributed by atoms with Crippen molar-refractivity contribution >= 4 is 58.2 Å². The molecule has 0 saturated carbocycles. The molecule has 0 unspecified atom stereocenters. The molecule has 0 aliphatic heterocycles. The highest BCUT2D eigenvalue weighted by atomic mass is 35.5. The van der Waals surface area contributed by atoms with Crippen molar-refractivity contribution in [1.82, 2.24) is 14.8 Å². The van der Waals surface area contributed by atoms with E-state index in [4.69, 9.17) is 34.8 Å². The van der Waals surface area contributed by atoms with Crippen LogP contribution in [0.5, 0.6) is 0 Å². The largest absolute Gasteiger partial charge is 0.324 e. The van der Waals surface area contributed by atoms with Crippen LogP contribution in [0, 0.1) is 6.92 Å². The summed E-state index contributed by atoms with van der Waals surface area (Å²) in [6.07, 6.45) is 0. The van der Waals surface area contributed by atoms with E-state index >= 15 is 0 Å². The molecule has 0 radical (unpaired) electrons. The lowest BCUT2D eigenvalue weighted by Gasteiger charge is -2.10. The average Bonchev–Trinajstić information content (AvgIpc) is 3.07. The SMILES string of the molecule is CCn1c(SCC(=O)Nc2cc(Cl)c(Cl)cc2Cl)nnc1-c1cccc(C)c1. The van der Waals surface area contributed by atoms with Crippen molar-refractivity contribution in [3.8, 4) is 11.4 Å². The number of amides is 1. The number of aromatic nitrogens is 3. The zero-order valence-corrected chi connectivity index (χ0v) is 18.3. The molecule has 0 bridgehead atoms. The number of halogens is 3. The molecule has 2 aromatic carbocycles. The van der Waals surface area contributed by atoms with Crippen LogP contribution in [-0.2, 0) is 11.3 Å². The summed E-state index contributed by atoms with van der Waals surface area (Å²) in [6, 6.07) is 11.1. The van der Waals surface area contributed by atoms with Gasteiger partial charge in [-0.1, -0.05) is 70.3 Å². The van der Waals surface area contributed by atoms with E-state index in [0.717, 1.165) is 17.0 Å². The molecule has 0 atom stereocenters. The van der Waals surface area contributed by atoms with Gasteiger partial charge in [-0.25, -0.2) is 0 Å². The molecule has 3 aromatic rings. The van der Waals surface area contributed by atoms with Crippen LogP contribution in [0.3, 0.4) is 0 Å². The molecule has 146 valence electrons. The van der Waals surface area contributed by atoms with Crippen molar-refractivity contribution in [3.63, 3.8) is 0 Å². The zero-order valence-electron chi connectivity index (χ0n) is 15.2. The lowest BCUT2D eigenvalue weighted by Crippen LogP contribution is -2.15. The maximum Gasteiger partial charge on any atom is 0.234 e. The monoisotopic (exact) mass is 454 g/mol. The highest BCUT2D eigenvalue weighted by Gasteiger charge is 2.15. The van der Waals surface area contributed by atoms with Gasteiger partial charge in [0.25, 0.3) is 0 Å². The molecule has 0 fully saturated rings. The minimum atomic E-state index is -0.229. The van der Waals surface area contributed by atoms with E-state index in [1.807, 2.05) is 36.6 Å². The molecule has 9 heteroatoms. The fourth-order valence-corrected chi connectivity index (χ4v) is 4.01. The molecular formula is C19H17Cl3N4OS. The Hall–Kier alpha value is -1.73. The van der Waals surface area contributed by atoms with Gasteiger partial charge in [0, 0.05) is 12.1 Å². The number of carbonyl (C=O) groups is 1. The van der Waals surface area contributed by atoms with Crippen LogP contribution < -0.4 is 5.32 Å². The van der Waals surface area contributed by atoms with Gasteiger partial charge in [0.15, 0.2) is 11.0 Å². The van der Waals surface area contributed by atoms with Crippen molar-refractivity contribution in [2.24, 2.45) is 0 Å². The molecule has 1 N–H and O–H groups in total. The Morgan fingerprint density at radius 2 is 1.86 bits per heavy atom. The summed E-state index contributed by atoms with van der Waals surface area (Å²) in [6.45, 7) is 4.74. The Labute approximate surface area is 182 Å². The van der Waals surface area contributed by atoms with Crippen LogP contribution in [-0.4, -0.2) is 26.4 Å². The third-order valence-corrected chi connectivity index (χ3v) is 5.93. The highest BCUT2D eigenvalue weighted by Crippen LogP contribution is 2.32. The summed E-state index contributed by atoms with van der Waals surface area (Å²) in [5.74, 6) is 0.706. The van der Waals surface area contributed by atoms with E-state index < -0.39 is 0 Å². The Bertz CT molecular complexity index is 1020. The Kier molecular flexibility index (Phi) is 6.88. The minimum Gasteiger partial charge on any atom is -0.324 e. The second-order valence-electron chi connectivity index (χ2n) is 6.00. The van der Waals surface area contributed by atoms with Crippen molar-refractivity contribution in [3.05, 3.63) is 57.0 Å². The number of hydrogen-bond donors (Lipinski definition) is 1. The summed E-state index contributed by atoms with van der Waals surface area (Å²) in [4.78, 5) is 12.3. The van der Waals surface area contributed by atoms with Crippen LogP contribution in [0.4, 0.5) is 5.69 Å². The summed E-state index contributed by atoms with van der Waals surface area (Å²) in [5, 5.41) is 12.9. The molecule has 28 heavy (non-hydrogen) atoms. The normalized spacial score (nSPS) is 10.9. The minimum absolute atomic E-state index is 0.155. The lowest BCUT2D eigenvalue weighted by molar-refractivity contribution is -0.113. The smallest absolute Gasteiger partial charge is 0.234 e. The summed E-state index contributed by atoms with van der Waals surface area (Å²) in [7, 11) is 0. The van der Waals surface area contributed by atoms with Crippen molar-refractivity contribution in [1.29, 1.82) is 0 Å². The second-order valence-corrected chi connectivity index (χ2v) is 8.17. The average molecular weight is 456 g/mol. The first-order valence-electron chi connectivity index (χ1n) is 8.46. The van der Waals surface area contributed by atoms with Crippen LogP contribution in [0.15, 0.2) is 41.6 Å². The number of benzene rings is 2. The van der Waals surface area contributed by atoms with Crippen molar-refractivity contribution in [2.75, 3.05) is 11.1 Å². The number of carbonyl (C=O) groups excluding carboxylic acids is 1. The lowest BCUT2D eigenvalue weighted by atomic mass is 10.1. The van der Waals surface area contributed by atoms with Gasteiger partial charge in [-0.3, -0.25) is 4.79 Å². The summed E-state index contributed by atoms with van der Waals surface area (Å²) < 4.78 is 1.98. The number of nitrogens with one attached hydrogen (secondary N) is 1. The van der Waals surface area contributed by atoms with Crippen LogP contribution >= 0.6 is 46.6 Å². The predicted octanol–water partition coefficient (Wildman–Crippen LogP) is 5.96. The van der Waals surface area contributed by atoms with Gasteiger partial charge in [0.2, 0.25) is 5.91 Å². The van der Waals surface area contributed by atoms with Gasteiger partial charge in [-0.05, 0) is 32.0 Å². The van der Waals surface area contributed by atoms with E-state index in [1.54, 1.807) is 0 Å². The number of nitrogens with zero attached hydrogens (tertiary/aromatic N) is 3. The van der Waals surface area contributed by atoms with Gasteiger partial charge < -0.3 is 9.88 Å². The Morgan fingerprint density at radius 3 is 2.57 bits per heavy atom. The van der Waals surface area contributed by atoms with Crippen LogP contribution in [0.1, 0.15) is 12.5 Å². The first-order chi connectivity index (χ1) is 13.4. The standard InChI is InChI=1S/C19H17Cl3N4OS/c1-3-26-18(12-6-4-5-11(2)7-12)24-25-19(26)28-10-17(27)23-16-9-14(21)13(20)8-15(16)22/h4-9H,3,10H2,1-2H3,(H,23,27). The second kappa shape index (κ2) is 9.18. The number of rotatable bonds is 6. The molecule has 3 rings (SSSR count). The number of aryl methyl sites for hydroxylation is 1. The fourth-order valence-electron chi connectivity index (χ4n) is 2.61. The zero-order chi connectivity index (χ0) is 20.3. The van der Waals surface area contributed by atoms with E-state index in [-0.39, 0.29) is 11.7 Å². The molecule has 0 aliphatic rings. The van der Waals surface area contributed by atoms with Gasteiger partial charge in [0.05, 0.1) is 26.5 Å². The first-order valence-corrected chi connectivity index (χ1v) is 10.6. The van der Waals surface area contributed by atoms with Crippen LogP contribution in [0.2, 0.25) is 15.1 Å². The Balaban J connectivity index is 1.71. The number of thioether (sulfide) groups is 1. The maximum atomic E-state index is 12.3. The van der Waals surface area contributed by atoms with E-state index in [1.165, 1.54) is 23.9 Å². The molecule has 1 aromatic heterocycles. The molecule has 1 heterocycles. The highest BCUT2D eigenvalue weighted by molar-refractivity contribution is 7.99. The molecule has 1 amide bonds. The van der Waals surface area contributed by atoms with E-state index in [2.05, 4.69) is 21.6 Å². The molecule has 5 nitrogen and oxygen atoms in total. The predicted molar refractivity (Wildman–Crippen MR) is 117 cm³/mol. The number of hydrogen-bond acceptors (Lipinski definition) is 4. The summed E-state index contributed by atoms with van der Waals surface area (Å²) in [5.41, 5.74) is 2.56. The summed E-state index contributed by atoms with van der Waals surface area (Å²) >= 11 is 19.3. The van der Waals surface area contributed by atoms with Gasteiger partial charge >= 0.3 is 0 Å². The molecule has 0 saturated heterocycles. The maximum absolute atomic E-state index is 12.3. The van der Waals surface area contributed by atoms with E-state index in [9.17, 15) is 4.79 Å². The molecular weight excluding hydrogens is 439 g/mol. The molecule has 0 spiro atoms. The topological polar surface area (TPSA) is 59.8 Å². The van der Waals surface area contributed by atoms with Gasteiger partial charge in [0.1, 0.15) is 0 Å². The number of anilines is 1. The van der Waals surface area contributed by atoms with E-state index in [0.29, 0.717) is 32.5 Å². The van der Waals surface area contributed by atoms with Crippen LogP contribution in [0.25, 0.3) is 11.4 Å². The van der Waals surface area contributed by atoms with Crippen molar-refractivity contribution in [2.45, 2.75) is 25.5 Å². The molecule has 0 aliphatic carbocycles. The van der Waals surface area contributed by atoms with Crippen molar-refractivity contribution < 1.29 is 4.79 Å². The Morgan fingerprint density at radius 1 is 1.11 bits per heavy atom.